The van der Waals surface area contributed by atoms with Gasteiger partial charge in [-0.15, -0.1) is 0 Å². The first kappa shape index (κ1) is 18.1. The highest BCUT2D eigenvalue weighted by atomic mass is 16.3. The molecule has 0 atom stereocenters. The minimum atomic E-state index is 0.301. The van der Waals surface area contributed by atoms with Gasteiger partial charge < -0.3 is 10.2 Å². The van der Waals surface area contributed by atoms with Gasteiger partial charge >= 0.3 is 0 Å². The van der Waals surface area contributed by atoms with E-state index in [-0.39, 0.29) is 0 Å². The van der Waals surface area contributed by atoms with Crippen molar-refractivity contribution in [3.05, 3.63) is 59.7 Å². The average molecular weight is 326 g/mol. The van der Waals surface area contributed by atoms with Crippen molar-refractivity contribution in [1.82, 2.24) is 0 Å². The van der Waals surface area contributed by atoms with Crippen molar-refractivity contribution in [3.8, 4) is 11.5 Å². The summed E-state index contributed by atoms with van der Waals surface area (Å²) >= 11 is 0. The van der Waals surface area contributed by atoms with Crippen LogP contribution < -0.4 is 0 Å². The van der Waals surface area contributed by atoms with Gasteiger partial charge in [0.15, 0.2) is 0 Å². The van der Waals surface area contributed by atoms with Crippen molar-refractivity contribution >= 4 is 5.78 Å². The van der Waals surface area contributed by atoms with E-state index < -0.39 is 0 Å². The van der Waals surface area contributed by atoms with Gasteiger partial charge in [-0.3, -0.25) is 4.79 Å². The summed E-state index contributed by atoms with van der Waals surface area (Å²) in [5, 5.41) is 18.8. The summed E-state index contributed by atoms with van der Waals surface area (Å²) in [4.78, 5) is 11.9. The molecule has 0 amide bonds. The first-order valence-electron chi connectivity index (χ1n) is 8.71. The molecule has 0 radical (unpaired) electrons. The molecule has 0 bridgehead atoms. The van der Waals surface area contributed by atoms with Gasteiger partial charge in [0.05, 0.1) is 0 Å². The molecule has 0 unspecified atom stereocenters. The smallest absolute Gasteiger partial charge is 0.132 e. The van der Waals surface area contributed by atoms with E-state index in [0.29, 0.717) is 30.1 Å². The zero-order chi connectivity index (χ0) is 17.2. The number of Topliss-reactive ketones (excluding diaryl/α,β-unsaturated/α-hetero) is 1. The summed E-state index contributed by atoms with van der Waals surface area (Å²) in [7, 11) is 0. The van der Waals surface area contributed by atoms with E-state index in [4.69, 9.17) is 0 Å². The zero-order valence-electron chi connectivity index (χ0n) is 14.1. The third kappa shape index (κ3) is 6.86. The van der Waals surface area contributed by atoms with Crippen molar-refractivity contribution in [3.63, 3.8) is 0 Å². The Balaban J connectivity index is 1.53. The minimum absolute atomic E-state index is 0.301. The lowest BCUT2D eigenvalue weighted by Gasteiger charge is -2.04. The van der Waals surface area contributed by atoms with E-state index in [9.17, 15) is 15.0 Å². The fourth-order valence-electron chi connectivity index (χ4n) is 2.85. The molecule has 3 heteroatoms. The molecule has 24 heavy (non-hydrogen) atoms. The van der Waals surface area contributed by atoms with Crippen molar-refractivity contribution < 1.29 is 15.0 Å². The molecule has 0 aromatic heterocycles. The van der Waals surface area contributed by atoms with Crippen molar-refractivity contribution in [1.29, 1.82) is 0 Å². The summed E-state index contributed by atoms with van der Waals surface area (Å²) in [6.07, 6.45) is 6.84. The number of phenolic OH excluding ortho intramolecular Hbond substituents is 2. The SMILES string of the molecule is O=C(CCCCc1cccc(O)c1)CCCCc1cccc(O)c1. The van der Waals surface area contributed by atoms with Crippen molar-refractivity contribution in [2.45, 2.75) is 51.4 Å². The minimum Gasteiger partial charge on any atom is -0.508 e. The molecular formula is C21H26O3. The van der Waals surface area contributed by atoms with E-state index in [1.165, 1.54) is 0 Å². The molecule has 0 spiro atoms. The Morgan fingerprint density at radius 3 is 1.58 bits per heavy atom. The van der Waals surface area contributed by atoms with Crippen molar-refractivity contribution in [2.24, 2.45) is 0 Å². The molecule has 2 aromatic rings. The Labute approximate surface area is 144 Å². The molecule has 0 saturated carbocycles. The largest absolute Gasteiger partial charge is 0.508 e. The topological polar surface area (TPSA) is 57.5 Å². The molecule has 0 heterocycles. The molecule has 2 aromatic carbocycles. The quantitative estimate of drug-likeness (QED) is 0.617. The number of hydrogen-bond acceptors (Lipinski definition) is 3. The Hall–Kier alpha value is -2.29. The summed E-state index contributed by atoms with van der Waals surface area (Å²) < 4.78 is 0. The van der Waals surface area contributed by atoms with Gasteiger partial charge in [0.25, 0.3) is 0 Å². The Morgan fingerprint density at radius 2 is 1.17 bits per heavy atom. The van der Waals surface area contributed by atoms with Crippen LogP contribution in [0.15, 0.2) is 48.5 Å². The van der Waals surface area contributed by atoms with E-state index >= 15 is 0 Å². The molecule has 0 aliphatic carbocycles. The third-order valence-electron chi connectivity index (χ3n) is 4.16. The lowest BCUT2D eigenvalue weighted by Crippen LogP contribution is -1.99. The summed E-state index contributed by atoms with van der Waals surface area (Å²) in [6, 6.07) is 14.6. The zero-order valence-corrected chi connectivity index (χ0v) is 14.1. The molecule has 3 nitrogen and oxygen atoms in total. The number of aryl methyl sites for hydroxylation is 2. The second kappa shape index (κ2) is 9.76. The van der Waals surface area contributed by atoms with E-state index in [1.54, 1.807) is 24.3 Å². The standard InChI is InChI=1S/C21H26O3/c22-19(11-3-1-7-17-9-5-13-20(23)15-17)12-4-2-8-18-10-6-14-21(24)16-18/h5-6,9-10,13-16,23-24H,1-4,7-8,11-12H2. The fourth-order valence-corrected chi connectivity index (χ4v) is 2.85. The van der Waals surface area contributed by atoms with Gasteiger partial charge in [-0.2, -0.15) is 0 Å². The lowest BCUT2D eigenvalue weighted by atomic mass is 10.0. The van der Waals surface area contributed by atoms with Gasteiger partial charge in [0.1, 0.15) is 17.3 Å². The van der Waals surface area contributed by atoms with Crippen LogP contribution in [0, 0.1) is 0 Å². The van der Waals surface area contributed by atoms with E-state index in [1.807, 2.05) is 24.3 Å². The highest BCUT2D eigenvalue weighted by Gasteiger charge is 2.03. The summed E-state index contributed by atoms with van der Waals surface area (Å²) in [5.41, 5.74) is 2.24. The monoisotopic (exact) mass is 326 g/mol. The highest BCUT2D eigenvalue weighted by Crippen LogP contribution is 2.15. The van der Waals surface area contributed by atoms with Crippen LogP contribution in [-0.2, 0) is 17.6 Å². The number of aromatic hydroxyl groups is 2. The molecule has 0 aliphatic rings. The Morgan fingerprint density at radius 1 is 0.708 bits per heavy atom. The van der Waals surface area contributed by atoms with Gasteiger partial charge in [0.2, 0.25) is 0 Å². The second-order valence-electron chi connectivity index (χ2n) is 6.29. The number of benzene rings is 2. The molecule has 0 fully saturated rings. The van der Waals surface area contributed by atoms with E-state index in [0.717, 1.165) is 49.7 Å². The Kier molecular flexibility index (Phi) is 7.34. The predicted octanol–water partition coefficient (Wildman–Crippen LogP) is 4.79. The maximum Gasteiger partial charge on any atom is 0.132 e. The molecule has 128 valence electrons. The number of phenols is 2. The van der Waals surface area contributed by atoms with Gasteiger partial charge in [0, 0.05) is 12.8 Å². The highest BCUT2D eigenvalue weighted by molar-refractivity contribution is 5.78. The number of carbonyl (C=O) groups excluding carboxylic acids is 1. The second-order valence-corrected chi connectivity index (χ2v) is 6.29. The predicted molar refractivity (Wildman–Crippen MR) is 96.3 cm³/mol. The average Bonchev–Trinajstić information content (AvgIpc) is 2.56. The third-order valence-corrected chi connectivity index (χ3v) is 4.16. The number of rotatable bonds is 10. The van der Waals surface area contributed by atoms with Gasteiger partial charge in [-0.05, 0) is 73.9 Å². The lowest BCUT2D eigenvalue weighted by molar-refractivity contribution is -0.119. The van der Waals surface area contributed by atoms with Crippen LogP contribution in [0.5, 0.6) is 11.5 Å². The molecule has 2 rings (SSSR count). The van der Waals surface area contributed by atoms with Crippen LogP contribution in [0.25, 0.3) is 0 Å². The number of ketones is 1. The number of carbonyl (C=O) groups is 1. The van der Waals surface area contributed by atoms with Crippen LogP contribution in [0.1, 0.15) is 49.7 Å². The number of unbranched alkanes of at least 4 members (excludes halogenated alkanes) is 2. The van der Waals surface area contributed by atoms with Crippen LogP contribution in [0.2, 0.25) is 0 Å². The summed E-state index contributed by atoms with van der Waals surface area (Å²) in [5.74, 6) is 0.937. The normalized spacial score (nSPS) is 10.7. The van der Waals surface area contributed by atoms with E-state index in [2.05, 4.69) is 0 Å². The van der Waals surface area contributed by atoms with Crippen LogP contribution >= 0.6 is 0 Å². The molecule has 2 N–H and O–H groups in total. The van der Waals surface area contributed by atoms with Crippen molar-refractivity contribution in [2.75, 3.05) is 0 Å². The van der Waals surface area contributed by atoms with Crippen LogP contribution in [0.4, 0.5) is 0 Å². The first-order valence-corrected chi connectivity index (χ1v) is 8.71. The maximum atomic E-state index is 11.9. The van der Waals surface area contributed by atoms with Gasteiger partial charge in [-0.1, -0.05) is 24.3 Å². The fraction of sp³-hybridized carbons (Fsp3) is 0.381. The number of hydrogen-bond donors (Lipinski definition) is 2. The van der Waals surface area contributed by atoms with Gasteiger partial charge in [-0.25, -0.2) is 0 Å². The molecule has 0 saturated heterocycles. The summed E-state index contributed by atoms with van der Waals surface area (Å²) in [6.45, 7) is 0. The van der Waals surface area contributed by atoms with Crippen LogP contribution in [0.3, 0.4) is 0 Å². The molecular weight excluding hydrogens is 300 g/mol. The maximum absolute atomic E-state index is 11.9. The molecule has 0 aliphatic heterocycles. The van der Waals surface area contributed by atoms with Crippen LogP contribution in [-0.4, -0.2) is 16.0 Å². The Bertz CT molecular complexity index is 594. The first-order chi connectivity index (χ1) is 11.6.